The van der Waals surface area contributed by atoms with Crippen molar-refractivity contribution in [1.29, 1.82) is 0 Å². The molecule has 0 aliphatic carbocycles. The molecule has 0 amide bonds. The zero-order valence-corrected chi connectivity index (χ0v) is 10.1. The fourth-order valence-corrected chi connectivity index (χ4v) is 1.26. The number of nitrogen functional groups attached to an aromatic ring is 1. The molecular formula is C10H15F3N4O2. The van der Waals surface area contributed by atoms with Crippen molar-refractivity contribution in [2.24, 2.45) is 0 Å². The second-order valence-electron chi connectivity index (χ2n) is 3.61. The van der Waals surface area contributed by atoms with Crippen LogP contribution < -0.4 is 11.1 Å². The summed E-state index contributed by atoms with van der Waals surface area (Å²) in [4.78, 5) is 6.78. The van der Waals surface area contributed by atoms with Crippen LogP contribution in [-0.4, -0.2) is 41.4 Å². The Labute approximate surface area is 107 Å². The number of aliphatic hydroxyl groups excluding tert-OH is 1. The SMILES string of the molecule is Nc1nc(NCCCOCCO)cc(C(F)(F)F)n1. The Morgan fingerprint density at radius 3 is 2.68 bits per heavy atom. The Morgan fingerprint density at radius 1 is 1.32 bits per heavy atom. The van der Waals surface area contributed by atoms with Gasteiger partial charge < -0.3 is 20.9 Å². The third-order valence-corrected chi connectivity index (χ3v) is 2.04. The molecule has 1 heterocycles. The van der Waals surface area contributed by atoms with Crippen LogP contribution in [0.3, 0.4) is 0 Å². The van der Waals surface area contributed by atoms with Gasteiger partial charge in [-0.05, 0) is 6.42 Å². The molecule has 6 nitrogen and oxygen atoms in total. The second-order valence-corrected chi connectivity index (χ2v) is 3.61. The molecule has 1 aromatic heterocycles. The van der Waals surface area contributed by atoms with Gasteiger partial charge in [0.15, 0.2) is 5.69 Å². The molecule has 19 heavy (non-hydrogen) atoms. The number of ether oxygens (including phenoxy) is 1. The molecule has 0 atom stereocenters. The van der Waals surface area contributed by atoms with Gasteiger partial charge in [0.2, 0.25) is 5.95 Å². The maximum absolute atomic E-state index is 12.5. The van der Waals surface area contributed by atoms with Gasteiger partial charge in [0.1, 0.15) is 5.82 Å². The van der Waals surface area contributed by atoms with Gasteiger partial charge in [0.25, 0.3) is 0 Å². The van der Waals surface area contributed by atoms with E-state index in [9.17, 15) is 13.2 Å². The molecule has 0 saturated carbocycles. The van der Waals surface area contributed by atoms with Crippen LogP contribution in [0.25, 0.3) is 0 Å². The fraction of sp³-hybridized carbons (Fsp3) is 0.600. The van der Waals surface area contributed by atoms with Gasteiger partial charge in [0.05, 0.1) is 13.2 Å². The lowest BCUT2D eigenvalue weighted by Gasteiger charge is -2.10. The van der Waals surface area contributed by atoms with Crippen molar-refractivity contribution in [3.8, 4) is 0 Å². The number of nitrogens with zero attached hydrogens (tertiary/aromatic N) is 2. The summed E-state index contributed by atoms with van der Waals surface area (Å²) in [6.45, 7) is 0.933. The van der Waals surface area contributed by atoms with Crippen LogP contribution in [0.15, 0.2) is 6.07 Å². The summed E-state index contributed by atoms with van der Waals surface area (Å²) >= 11 is 0. The number of nitrogens with one attached hydrogen (secondary N) is 1. The number of anilines is 2. The monoisotopic (exact) mass is 280 g/mol. The van der Waals surface area contributed by atoms with Crippen molar-refractivity contribution < 1.29 is 23.0 Å². The molecule has 0 aliphatic heterocycles. The highest BCUT2D eigenvalue weighted by Gasteiger charge is 2.33. The van der Waals surface area contributed by atoms with Crippen molar-refractivity contribution in [3.63, 3.8) is 0 Å². The zero-order chi connectivity index (χ0) is 14.3. The lowest BCUT2D eigenvalue weighted by molar-refractivity contribution is -0.141. The number of halogens is 3. The smallest absolute Gasteiger partial charge is 0.394 e. The number of hydrogen-bond acceptors (Lipinski definition) is 6. The first-order chi connectivity index (χ1) is 8.93. The van der Waals surface area contributed by atoms with Crippen molar-refractivity contribution in [3.05, 3.63) is 11.8 Å². The van der Waals surface area contributed by atoms with Gasteiger partial charge in [-0.15, -0.1) is 0 Å². The number of alkyl halides is 3. The Bertz CT molecular complexity index is 401. The summed E-state index contributed by atoms with van der Waals surface area (Å²) < 4.78 is 42.4. The van der Waals surface area contributed by atoms with Crippen molar-refractivity contribution in [2.75, 3.05) is 37.4 Å². The zero-order valence-electron chi connectivity index (χ0n) is 10.1. The minimum atomic E-state index is -4.56. The van der Waals surface area contributed by atoms with E-state index in [0.717, 1.165) is 6.07 Å². The topological polar surface area (TPSA) is 93.3 Å². The molecule has 0 aromatic carbocycles. The van der Waals surface area contributed by atoms with Gasteiger partial charge in [-0.1, -0.05) is 0 Å². The number of aliphatic hydroxyl groups is 1. The Kier molecular flexibility index (Phi) is 5.77. The minimum Gasteiger partial charge on any atom is -0.394 e. The van der Waals surface area contributed by atoms with Crippen LogP contribution in [0, 0.1) is 0 Å². The predicted octanol–water partition coefficient (Wildman–Crippen LogP) is 0.888. The molecule has 1 rings (SSSR count). The van der Waals surface area contributed by atoms with Crippen molar-refractivity contribution in [1.82, 2.24) is 9.97 Å². The summed E-state index contributed by atoms with van der Waals surface area (Å²) in [5.74, 6) is -0.421. The Morgan fingerprint density at radius 2 is 2.05 bits per heavy atom. The molecular weight excluding hydrogens is 265 g/mol. The van der Waals surface area contributed by atoms with Crippen LogP contribution >= 0.6 is 0 Å². The molecule has 0 bridgehead atoms. The quantitative estimate of drug-likeness (QED) is 0.642. The first-order valence-electron chi connectivity index (χ1n) is 5.57. The summed E-state index contributed by atoms with van der Waals surface area (Å²) in [5, 5.41) is 11.2. The largest absolute Gasteiger partial charge is 0.433 e. The molecule has 0 saturated heterocycles. The number of rotatable bonds is 7. The lowest BCUT2D eigenvalue weighted by atomic mass is 10.3. The molecule has 0 radical (unpaired) electrons. The number of hydrogen-bond donors (Lipinski definition) is 3. The van der Waals surface area contributed by atoms with E-state index in [1.54, 1.807) is 0 Å². The van der Waals surface area contributed by atoms with Crippen LogP contribution in [-0.2, 0) is 10.9 Å². The van der Waals surface area contributed by atoms with Gasteiger partial charge in [-0.3, -0.25) is 0 Å². The van der Waals surface area contributed by atoms with Gasteiger partial charge in [-0.2, -0.15) is 18.2 Å². The first kappa shape index (κ1) is 15.4. The van der Waals surface area contributed by atoms with Crippen LogP contribution in [0.4, 0.5) is 24.9 Å². The highest BCUT2D eigenvalue weighted by atomic mass is 19.4. The molecule has 0 fully saturated rings. The second kappa shape index (κ2) is 7.10. The van der Waals surface area contributed by atoms with Gasteiger partial charge in [-0.25, -0.2) is 4.98 Å². The molecule has 0 aliphatic rings. The van der Waals surface area contributed by atoms with E-state index in [-0.39, 0.29) is 19.0 Å². The van der Waals surface area contributed by atoms with E-state index in [1.165, 1.54) is 0 Å². The standard InChI is InChI=1S/C10H15F3N4O2/c11-10(12,13)7-6-8(17-9(14)16-7)15-2-1-4-19-5-3-18/h6,18H,1-5H2,(H3,14,15,16,17). The lowest BCUT2D eigenvalue weighted by Crippen LogP contribution is -2.14. The Balaban J connectivity index is 2.48. The third kappa shape index (κ3) is 5.71. The highest BCUT2D eigenvalue weighted by Crippen LogP contribution is 2.29. The molecule has 1 aromatic rings. The van der Waals surface area contributed by atoms with Gasteiger partial charge in [0, 0.05) is 19.2 Å². The molecule has 108 valence electrons. The van der Waals surface area contributed by atoms with E-state index in [2.05, 4.69) is 15.3 Å². The van der Waals surface area contributed by atoms with Crippen molar-refractivity contribution in [2.45, 2.75) is 12.6 Å². The Hall–Kier alpha value is -1.61. The van der Waals surface area contributed by atoms with Crippen LogP contribution in [0.5, 0.6) is 0 Å². The van der Waals surface area contributed by atoms with E-state index >= 15 is 0 Å². The van der Waals surface area contributed by atoms with E-state index in [0.29, 0.717) is 19.6 Å². The number of nitrogens with two attached hydrogens (primary N) is 1. The van der Waals surface area contributed by atoms with Crippen LogP contribution in [0.1, 0.15) is 12.1 Å². The average Bonchev–Trinajstić information content (AvgIpc) is 2.32. The van der Waals surface area contributed by atoms with E-state index in [4.69, 9.17) is 15.6 Å². The first-order valence-corrected chi connectivity index (χ1v) is 5.57. The predicted molar refractivity (Wildman–Crippen MR) is 62.5 cm³/mol. The summed E-state index contributed by atoms with van der Waals surface area (Å²) in [6.07, 6.45) is -4.00. The summed E-state index contributed by atoms with van der Waals surface area (Å²) in [7, 11) is 0. The minimum absolute atomic E-state index is 0.0157. The highest BCUT2D eigenvalue weighted by molar-refractivity contribution is 5.41. The molecule has 9 heteroatoms. The normalized spacial score (nSPS) is 11.6. The molecule has 0 spiro atoms. The van der Waals surface area contributed by atoms with E-state index in [1.807, 2.05) is 0 Å². The molecule has 0 unspecified atom stereocenters. The maximum Gasteiger partial charge on any atom is 0.433 e. The molecule has 4 N–H and O–H groups in total. The van der Waals surface area contributed by atoms with Gasteiger partial charge >= 0.3 is 6.18 Å². The number of aromatic nitrogens is 2. The van der Waals surface area contributed by atoms with E-state index < -0.39 is 17.8 Å². The third-order valence-electron chi connectivity index (χ3n) is 2.04. The maximum atomic E-state index is 12.5. The van der Waals surface area contributed by atoms with Crippen molar-refractivity contribution >= 4 is 11.8 Å². The fourth-order valence-electron chi connectivity index (χ4n) is 1.26. The summed E-state index contributed by atoms with van der Waals surface area (Å²) in [5.41, 5.74) is 4.13. The average molecular weight is 280 g/mol. The summed E-state index contributed by atoms with van der Waals surface area (Å²) in [6, 6.07) is 0.797. The van der Waals surface area contributed by atoms with Crippen LogP contribution in [0.2, 0.25) is 0 Å².